The molecule has 1 saturated heterocycles. The first-order chi connectivity index (χ1) is 12.0. The molecule has 0 aromatic heterocycles. The zero-order valence-electron chi connectivity index (χ0n) is 14.6. The molecule has 0 aliphatic carbocycles. The number of piperazine rings is 1. The van der Waals surface area contributed by atoms with E-state index in [-0.39, 0.29) is 30.9 Å². The lowest BCUT2D eigenvalue weighted by molar-refractivity contribution is -0.127. The Kier molecular flexibility index (Phi) is 5.14. The van der Waals surface area contributed by atoms with Crippen LogP contribution in [0.5, 0.6) is 0 Å². The number of aryl methyl sites for hydroxylation is 1. The molecule has 1 aliphatic rings. The van der Waals surface area contributed by atoms with Crippen molar-refractivity contribution in [2.24, 2.45) is 0 Å². The summed E-state index contributed by atoms with van der Waals surface area (Å²) in [6.45, 7) is 4.93. The first-order valence-corrected chi connectivity index (χ1v) is 8.46. The topological polar surface area (TPSA) is 61.4 Å². The summed E-state index contributed by atoms with van der Waals surface area (Å²) < 4.78 is 0. The molecule has 1 unspecified atom stereocenters. The van der Waals surface area contributed by atoms with Gasteiger partial charge in [-0.15, -0.1) is 0 Å². The molecule has 1 aliphatic heterocycles. The van der Waals surface area contributed by atoms with Crippen LogP contribution in [-0.2, 0) is 9.59 Å². The molecule has 25 heavy (non-hydrogen) atoms. The third kappa shape index (κ3) is 4.06. The molecule has 0 bridgehead atoms. The summed E-state index contributed by atoms with van der Waals surface area (Å²) >= 11 is 0. The zero-order valence-corrected chi connectivity index (χ0v) is 14.6. The molecule has 5 heteroatoms. The molecule has 0 spiro atoms. The summed E-state index contributed by atoms with van der Waals surface area (Å²) in [5.41, 5.74) is 4.12. The summed E-state index contributed by atoms with van der Waals surface area (Å²) in [4.78, 5) is 26.3. The molecular formula is C20H23N3O2. The van der Waals surface area contributed by atoms with Crippen LogP contribution in [0.1, 0.15) is 22.7 Å². The van der Waals surface area contributed by atoms with E-state index in [1.165, 1.54) is 0 Å². The van der Waals surface area contributed by atoms with Crippen LogP contribution in [0, 0.1) is 13.8 Å². The highest BCUT2D eigenvalue weighted by atomic mass is 16.2. The first-order valence-electron chi connectivity index (χ1n) is 8.46. The van der Waals surface area contributed by atoms with E-state index in [1.54, 1.807) is 0 Å². The Bertz CT molecular complexity index is 774. The molecule has 2 N–H and O–H groups in total. The molecule has 2 aromatic rings. The van der Waals surface area contributed by atoms with Gasteiger partial charge < -0.3 is 10.6 Å². The highest BCUT2D eigenvalue weighted by Gasteiger charge is 2.29. The zero-order chi connectivity index (χ0) is 17.8. The number of hydrogen-bond donors (Lipinski definition) is 2. The van der Waals surface area contributed by atoms with Crippen LogP contribution in [0.4, 0.5) is 5.69 Å². The predicted octanol–water partition coefficient (Wildman–Crippen LogP) is 2.42. The standard InChI is InChI=1S/C20H23N3O2/c1-14-7-6-10-17(15(14)2)22-20(25)13-23-12-19(24)21-11-18(23)16-8-4-3-5-9-16/h3-10,18H,11-13H2,1-2H3,(H,21,24)(H,22,25). The molecule has 130 valence electrons. The van der Waals surface area contributed by atoms with Crippen molar-refractivity contribution in [1.82, 2.24) is 10.2 Å². The first kappa shape index (κ1) is 17.2. The summed E-state index contributed by atoms with van der Waals surface area (Å²) in [5, 5.41) is 5.86. The Balaban J connectivity index is 1.73. The highest BCUT2D eigenvalue weighted by molar-refractivity contribution is 5.93. The van der Waals surface area contributed by atoms with E-state index >= 15 is 0 Å². The highest BCUT2D eigenvalue weighted by Crippen LogP contribution is 2.23. The molecule has 3 rings (SSSR count). The van der Waals surface area contributed by atoms with Gasteiger partial charge in [0.15, 0.2) is 0 Å². The van der Waals surface area contributed by atoms with Crippen molar-refractivity contribution in [3.05, 3.63) is 65.2 Å². The van der Waals surface area contributed by atoms with E-state index in [4.69, 9.17) is 0 Å². The monoisotopic (exact) mass is 337 g/mol. The number of rotatable bonds is 4. The second kappa shape index (κ2) is 7.49. The van der Waals surface area contributed by atoms with E-state index in [9.17, 15) is 9.59 Å². The number of amides is 2. The summed E-state index contributed by atoms with van der Waals surface area (Å²) in [6.07, 6.45) is 0. The lowest BCUT2D eigenvalue weighted by Gasteiger charge is -2.35. The van der Waals surface area contributed by atoms with E-state index in [0.717, 1.165) is 22.4 Å². The summed E-state index contributed by atoms with van der Waals surface area (Å²) in [5.74, 6) is -0.156. The Morgan fingerprint density at radius 3 is 2.68 bits per heavy atom. The third-order valence-corrected chi connectivity index (χ3v) is 4.69. The van der Waals surface area contributed by atoms with Gasteiger partial charge >= 0.3 is 0 Å². The number of anilines is 1. The second-order valence-corrected chi connectivity index (χ2v) is 6.43. The van der Waals surface area contributed by atoms with Gasteiger partial charge in [-0.25, -0.2) is 0 Å². The molecule has 5 nitrogen and oxygen atoms in total. The maximum Gasteiger partial charge on any atom is 0.238 e. The van der Waals surface area contributed by atoms with Gasteiger partial charge in [0.25, 0.3) is 0 Å². The van der Waals surface area contributed by atoms with Crippen molar-refractivity contribution in [2.45, 2.75) is 19.9 Å². The molecule has 2 aromatic carbocycles. The quantitative estimate of drug-likeness (QED) is 0.901. The number of carbonyl (C=O) groups excluding carboxylic acids is 2. The minimum Gasteiger partial charge on any atom is -0.353 e. The van der Waals surface area contributed by atoms with Crippen LogP contribution in [0.25, 0.3) is 0 Å². The van der Waals surface area contributed by atoms with Crippen molar-refractivity contribution in [2.75, 3.05) is 25.0 Å². The summed E-state index contributed by atoms with van der Waals surface area (Å²) in [7, 11) is 0. The largest absolute Gasteiger partial charge is 0.353 e. The van der Waals surface area contributed by atoms with Gasteiger partial charge in [-0.3, -0.25) is 14.5 Å². The van der Waals surface area contributed by atoms with Gasteiger partial charge in [-0.05, 0) is 36.6 Å². The van der Waals surface area contributed by atoms with Gasteiger partial charge in [0.1, 0.15) is 0 Å². The molecule has 2 amide bonds. The molecule has 1 atom stereocenters. The van der Waals surface area contributed by atoms with E-state index in [0.29, 0.717) is 6.54 Å². The number of carbonyl (C=O) groups is 2. The van der Waals surface area contributed by atoms with E-state index < -0.39 is 0 Å². The maximum absolute atomic E-state index is 12.5. The maximum atomic E-state index is 12.5. The van der Waals surface area contributed by atoms with E-state index in [1.807, 2.05) is 67.3 Å². The SMILES string of the molecule is Cc1cccc(NC(=O)CN2CC(=O)NCC2c2ccccc2)c1C. The fourth-order valence-corrected chi connectivity index (χ4v) is 3.12. The average molecular weight is 337 g/mol. The van der Waals surface area contributed by atoms with Crippen LogP contribution in [0.15, 0.2) is 48.5 Å². The number of nitrogens with zero attached hydrogens (tertiary/aromatic N) is 1. The van der Waals surface area contributed by atoms with Crippen molar-refractivity contribution >= 4 is 17.5 Å². The van der Waals surface area contributed by atoms with Gasteiger partial charge in [0.05, 0.1) is 19.1 Å². The summed E-state index contributed by atoms with van der Waals surface area (Å²) in [6, 6.07) is 15.8. The lowest BCUT2D eigenvalue weighted by Crippen LogP contribution is -2.51. The molecular weight excluding hydrogens is 314 g/mol. The molecule has 1 fully saturated rings. The van der Waals surface area contributed by atoms with Crippen LogP contribution in [0.2, 0.25) is 0 Å². The minimum absolute atomic E-state index is 0.00302. The third-order valence-electron chi connectivity index (χ3n) is 4.69. The predicted molar refractivity (Wildman–Crippen MR) is 98.3 cm³/mol. The molecule has 0 saturated carbocycles. The molecule has 0 radical (unpaired) electrons. The number of nitrogens with one attached hydrogen (secondary N) is 2. The van der Waals surface area contributed by atoms with Gasteiger partial charge in [0.2, 0.25) is 11.8 Å². The van der Waals surface area contributed by atoms with Gasteiger partial charge in [-0.1, -0.05) is 42.5 Å². The van der Waals surface area contributed by atoms with Crippen LogP contribution in [0.3, 0.4) is 0 Å². The smallest absolute Gasteiger partial charge is 0.238 e. The number of hydrogen-bond acceptors (Lipinski definition) is 3. The van der Waals surface area contributed by atoms with Crippen molar-refractivity contribution in [3.8, 4) is 0 Å². The minimum atomic E-state index is -0.107. The normalized spacial score (nSPS) is 17.8. The van der Waals surface area contributed by atoms with Gasteiger partial charge in [0, 0.05) is 12.2 Å². The Hall–Kier alpha value is -2.66. The number of benzene rings is 2. The van der Waals surface area contributed by atoms with E-state index in [2.05, 4.69) is 10.6 Å². The second-order valence-electron chi connectivity index (χ2n) is 6.43. The van der Waals surface area contributed by atoms with Crippen molar-refractivity contribution in [1.29, 1.82) is 0 Å². The average Bonchev–Trinajstić information content (AvgIpc) is 2.60. The Morgan fingerprint density at radius 2 is 1.92 bits per heavy atom. The fraction of sp³-hybridized carbons (Fsp3) is 0.300. The van der Waals surface area contributed by atoms with Gasteiger partial charge in [-0.2, -0.15) is 0 Å². The fourth-order valence-electron chi connectivity index (χ4n) is 3.12. The van der Waals surface area contributed by atoms with Crippen molar-refractivity contribution < 1.29 is 9.59 Å². The lowest BCUT2D eigenvalue weighted by atomic mass is 10.0. The molecule has 1 heterocycles. The van der Waals surface area contributed by atoms with Crippen LogP contribution in [-0.4, -0.2) is 36.3 Å². The Morgan fingerprint density at radius 1 is 1.16 bits per heavy atom. The van der Waals surface area contributed by atoms with Crippen LogP contribution < -0.4 is 10.6 Å². The van der Waals surface area contributed by atoms with Crippen LogP contribution >= 0.6 is 0 Å². The Labute approximate surface area is 148 Å². The van der Waals surface area contributed by atoms with Crippen molar-refractivity contribution in [3.63, 3.8) is 0 Å².